The molecule has 4 nitrogen and oxygen atoms in total. The Morgan fingerprint density at radius 1 is 1.12 bits per heavy atom. The van der Waals surface area contributed by atoms with Crippen LogP contribution in [-0.2, 0) is 19.4 Å². The van der Waals surface area contributed by atoms with Crippen LogP contribution in [0.15, 0.2) is 48.5 Å². The second-order valence-electron chi connectivity index (χ2n) is 7.20. The second kappa shape index (κ2) is 8.37. The molecule has 0 spiro atoms. The summed E-state index contributed by atoms with van der Waals surface area (Å²) in [6, 6.07) is 17.3. The first kappa shape index (κ1) is 18.5. The molecule has 26 heavy (non-hydrogen) atoms. The van der Waals surface area contributed by atoms with E-state index in [-0.39, 0.29) is 12.1 Å². The van der Waals surface area contributed by atoms with E-state index in [1.54, 1.807) is 0 Å². The quantitative estimate of drug-likeness (QED) is 0.893. The molecule has 1 heterocycles. The van der Waals surface area contributed by atoms with E-state index < -0.39 is 0 Å². The predicted molar refractivity (Wildman–Crippen MR) is 106 cm³/mol. The maximum Gasteiger partial charge on any atom is 0.317 e. The smallest absolute Gasteiger partial charge is 0.317 e. The number of likely N-dealkylation sites (N-methyl/N-ethyl adjacent to an activating group) is 1. The van der Waals surface area contributed by atoms with Gasteiger partial charge >= 0.3 is 6.03 Å². The van der Waals surface area contributed by atoms with Crippen LogP contribution in [0.25, 0.3) is 0 Å². The third kappa shape index (κ3) is 4.25. The van der Waals surface area contributed by atoms with E-state index in [2.05, 4.69) is 73.7 Å². The van der Waals surface area contributed by atoms with Crippen molar-refractivity contribution in [1.29, 1.82) is 0 Å². The van der Waals surface area contributed by atoms with Gasteiger partial charge in [0.2, 0.25) is 0 Å². The van der Waals surface area contributed by atoms with Gasteiger partial charge in [-0.1, -0.05) is 55.5 Å². The van der Waals surface area contributed by atoms with Crippen molar-refractivity contribution in [2.75, 3.05) is 27.2 Å². The van der Waals surface area contributed by atoms with Crippen LogP contribution in [0.4, 0.5) is 4.79 Å². The van der Waals surface area contributed by atoms with E-state index in [1.165, 1.54) is 22.3 Å². The van der Waals surface area contributed by atoms with Gasteiger partial charge in [-0.15, -0.1) is 0 Å². The first-order valence-corrected chi connectivity index (χ1v) is 9.43. The summed E-state index contributed by atoms with van der Waals surface area (Å²) >= 11 is 0. The first-order chi connectivity index (χ1) is 12.6. The molecule has 0 saturated carbocycles. The van der Waals surface area contributed by atoms with E-state index in [9.17, 15) is 4.79 Å². The summed E-state index contributed by atoms with van der Waals surface area (Å²) in [5.74, 6) is 0. The largest absolute Gasteiger partial charge is 0.336 e. The molecule has 2 amide bonds. The normalized spacial score (nSPS) is 14.8. The fourth-order valence-electron chi connectivity index (χ4n) is 3.54. The number of nitrogens with zero attached hydrogens (tertiary/aromatic N) is 2. The Morgan fingerprint density at radius 2 is 1.81 bits per heavy atom. The van der Waals surface area contributed by atoms with E-state index in [1.807, 2.05) is 11.0 Å². The van der Waals surface area contributed by atoms with E-state index in [0.717, 1.165) is 19.4 Å². The highest BCUT2D eigenvalue weighted by atomic mass is 16.2. The van der Waals surface area contributed by atoms with Crippen molar-refractivity contribution in [1.82, 2.24) is 15.1 Å². The number of hydrogen-bond donors (Lipinski definition) is 1. The lowest BCUT2D eigenvalue weighted by atomic mass is 10.0. The standard InChI is InChI=1S/C22H29N3O/c1-4-17-9-11-19(12-10-17)21(24(2)3)15-23-22(26)25-14-13-18-7-5-6-8-20(18)16-25/h5-12,21H,4,13-16H2,1-3H3,(H,23,26). The molecule has 1 N–H and O–H groups in total. The number of fused-ring (bicyclic) bond motifs is 1. The van der Waals surface area contributed by atoms with Gasteiger partial charge in [0.05, 0.1) is 6.04 Å². The van der Waals surface area contributed by atoms with Gasteiger partial charge in [0, 0.05) is 19.6 Å². The Balaban J connectivity index is 1.61. The van der Waals surface area contributed by atoms with Crippen LogP contribution in [0.1, 0.15) is 35.2 Å². The summed E-state index contributed by atoms with van der Waals surface area (Å²) in [6.45, 7) is 4.24. The van der Waals surface area contributed by atoms with Crippen LogP contribution in [0.5, 0.6) is 0 Å². The van der Waals surface area contributed by atoms with Gasteiger partial charge in [-0.3, -0.25) is 0 Å². The summed E-state index contributed by atoms with van der Waals surface area (Å²) in [4.78, 5) is 16.7. The van der Waals surface area contributed by atoms with Crippen molar-refractivity contribution in [3.63, 3.8) is 0 Å². The fraction of sp³-hybridized carbons (Fsp3) is 0.409. The number of carbonyl (C=O) groups excluding carboxylic acids is 1. The number of carbonyl (C=O) groups is 1. The SMILES string of the molecule is CCc1ccc(C(CNC(=O)N2CCc3ccccc3C2)N(C)C)cc1. The van der Waals surface area contributed by atoms with Gasteiger partial charge in [0.1, 0.15) is 0 Å². The third-order valence-electron chi connectivity index (χ3n) is 5.26. The Hall–Kier alpha value is -2.33. The van der Waals surface area contributed by atoms with Crippen molar-refractivity contribution in [2.24, 2.45) is 0 Å². The molecule has 2 aromatic rings. The van der Waals surface area contributed by atoms with Crippen LogP contribution < -0.4 is 5.32 Å². The Labute approximate surface area is 156 Å². The van der Waals surface area contributed by atoms with Crippen LogP contribution in [0, 0.1) is 0 Å². The summed E-state index contributed by atoms with van der Waals surface area (Å²) in [6.07, 6.45) is 1.97. The molecule has 3 rings (SSSR count). The van der Waals surface area contributed by atoms with E-state index >= 15 is 0 Å². The molecule has 0 fully saturated rings. The highest BCUT2D eigenvalue weighted by Crippen LogP contribution is 2.20. The van der Waals surface area contributed by atoms with E-state index in [4.69, 9.17) is 0 Å². The van der Waals surface area contributed by atoms with Crippen LogP contribution in [-0.4, -0.2) is 43.0 Å². The molecule has 1 aliphatic heterocycles. The number of hydrogen-bond acceptors (Lipinski definition) is 2. The predicted octanol–water partition coefficient (Wildman–Crippen LogP) is 3.62. The molecule has 0 aliphatic carbocycles. The molecule has 2 aromatic carbocycles. The molecular formula is C22H29N3O. The minimum absolute atomic E-state index is 0.0246. The molecule has 138 valence electrons. The molecule has 0 radical (unpaired) electrons. The number of nitrogens with one attached hydrogen (secondary N) is 1. The van der Waals surface area contributed by atoms with E-state index in [0.29, 0.717) is 13.1 Å². The minimum atomic E-state index is 0.0246. The first-order valence-electron chi connectivity index (χ1n) is 9.43. The average Bonchev–Trinajstić information content (AvgIpc) is 2.67. The molecule has 1 atom stereocenters. The summed E-state index contributed by atoms with van der Waals surface area (Å²) in [7, 11) is 4.11. The number of aryl methyl sites for hydroxylation is 1. The van der Waals surface area contributed by atoms with Gasteiger partial charge in [0.15, 0.2) is 0 Å². The van der Waals surface area contributed by atoms with Crippen molar-refractivity contribution >= 4 is 6.03 Å². The Morgan fingerprint density at radius 3 is 2.46 bits per heavy atom. The molecule has 0 saturated heterocycles. The molecular weight excluding hydrogens is 322 g/mol. The number of amides is 2. The van der Waals surface area contributed by atoms with Crippen molar-refractivity contribution in [3.8, 4) is 0 Å². The molecule has 0 aromatic heterocycles. The molecule has 1 aliphatic rings. The number of benzene rings is 2. The Kier molecular flexibility index (Phi) is 5.94. The maximum atomic E-state index is 12.7. The third-order valence-corrected chi connectivity index (χ3v) is 5.26. The van der Waals surface area contributed by atoms with Gasteiger partial charge in [-0.25, -0.2) is 4.79 Å². The number of urea groups is 1. The van der Waals surface area contributed by atoms with Crippen LogP contribution >= 0.6 is 0 Å². The topological polar surface area (TPSA) is 35.6 Å². The lowest BCUT2D eigenvalue weighted by Gasteiger charge is -2.31. The van der Waals surface area contributed by atoms with Crippen LogP contribution in [0.2, 0.25) is 0 Å². The minimum Gasteiger partial charge on any atom is -0.336 e. The van der Waals surface area contributed by atoms with Crippen molar-refractivity contribution in [3.05, 3.63) is 70.8 Å². The highest BCUT2D eigenvalue weighted by molar-refractivity contribution is 5.74. The summed E-state index contributed by atoms with van der Waals surface area (Å²) < 4.78 is 0. The fourth-order valence-corrected chi connectivity index (χ4v) is 3.54. The number of rotatable bonds is 5. The monoisotopic (exact) mass is 351 g/mol. The zero-order chi connectivity index (χ0) is 18.5. The highest BCUT2D eigenvalue weighted by Gasteiger charge is 2.22. The lowest BCUT2D eigenvalue weighted by Crippen LogP contribution is -2.45. The Bertz CT molecular complexity index is 739. The van der Waals surface area contributed by atoms with Gasteiger partial charge in [-0.05, 0) is 49.2 Å². The average molecular weight is 351 g/mol. The van der Waals surface area contributed by atoms with Crippen LogP contribution in [0.3, 0.4) is 0 Å². The maximum absolute atomic E-state index is 12.7. The lowest BCUT2D eigenvalue weighted by molar-refractivity contribution is 0.187. The van der Waals surface area contributed by atoms with Gasteiger partial charge in [0.25, 0.3) is 0 Å². The molecule has 1 unspecified atom stereocenters. The van der Waals surface area contributed by atoms with Gasteiger partial charge in [-0.2, -0.15) is 0 Å². The zero-order valence-electron chi connectivity index (χ0n) is 16.0. The second-order valence-corrected chi connectivity index (χ2v) is 7.20. The summed E-state index contributed by atoms with van der Waals surface area (Å²) in [5.41, 5.74) is 5.19. The summed E-state index contributed by atoms with van der Waals surface area (Å²) in [5, 5.41) is 3.14. The van der Waals surface area contributed by atoms with Gasteiger partial charge < -0.3 is 15.1 Å². The molecule has 0 bridgehead atoms. The molecule has 4 heteroatoms. The zero-order valence-corrected chi connectivity index (χ0v) is 16.0. The van der Waals surface area contributed by atoms with Crippen molar-refractivity contribution < 1.29 is 4.79 Å². The van der Waals surface area contributed by atoms with Crippen molar-refractivity contribution in [2.45, 2.75) is 32.4 Å².